The second-order valence-corrected chi connectivity index (χ2v) is 5.42. The van der Waals surface area contributed by atoms with Gasteiger partial charge in [-0.2, -0.15) is 0 Å². The Bertz CT molecular complexity index is 730. The minimum atomic E-state index is -0.931. The van der Waals surface area contributed by atoms with E-state index in [-0.39, 0.29) is 17.6 Å². The van der Waals surface area contributed by atoms with E-state index in [9.17, 15) is 9.18 Å². The molecule has 1 aromatic carbocycles. The zero-order valence-electron chi connectivity index (χ0n) is 13.7. The summed E-state index contributed by atoms with van der Waals surface area (Å²) in [5.41, 5.74) is 6.69. The summed E-state index contributed by atoms with van der Waals surface area (Å²) >= 11 is 0. The van der Waals surface area contributed by atoms with E-state index in [1.807, 2.05) is 6.92 Å². The number of nitrogens with one attached hydrogen (secondary N) is 1. The zero-order valence-corrected chi connectivity index (χ0v) is 13.7. The second-order valence-electron chi connectivity index (χ2n) is 5.42. The van der Waals surface area contributed by atoms with Crippen LogP contribution in [-0.2, 0) is 9.63 Å². The molecule has 1 aromatic heterocycles. The Morgan fingerprint density at radius 1 is 1.46 bits per heavy atom. The first-order valence-electron chi connectivity index (χ1n) is 7.42. The van der Waals surface area contributed by atoms with Gasteiger partial charge in [-0.3, -0.25) is 4.79 Å². The van der Waals surface area contributed by atoms with Crippen molar-refractivity contribution in [3.8, 4) is 0 Å². The van der Waals surface area contributed by atoms with Crippen molar-refractivity contribution < 1.29 is 14.0 Å². The summed E-state index contributed by atoms with van der Waals surface area (Å²) in [6.07, 6.45) is 4.03. The molecule has 0 saturated heterocycles. The van der Waals surface area contributed by atoms with E-state index in [0.29, 0.717) is 0 Å². The monoisotopic (exact) mass is 333 g/mol. The smallest absolute Gasteiger partial charge is 0.268 e. The van der Waals surface area contributed by atoms with Crippen molar-refractivity contribution in [2.75, 3.05) is 5.32 Å². The molecule has 0 bridgehead atoms. The number of nitrogens with two attached hydrogens (primary N) is 1. The molecule has 1 heterocycles. The third kappa shape index (κ3) is 4.31. The molecule has 0 aliphatic rings. The summed E-state index contributed by atoms with van der Waals surface area (Å²) in [7, 11) is 0. The number of aryl methyl sites for hydroxylation is 1. The minimum Gasteiger partial charge on any atom is -0.383 e. The maximum atomic E-state index is 13.7. The van der Waals surface area contributed by atoms with Crippen LogP contribution in [0.5, 0.6) is 0 Å². The Balaban J connectivity index is 1.94. The van der Waals surface area contributed by atoms with E-state index in [1.54, 1.807) is 36.3 Å². The number of amidine groups is 1. The van der Waals surface area contributed by atoms with E-state index >= 15 is 0 Å². The van der Waals surface area contributed by atoms with Gasteiger partial charge >= 0.3 is 0 Å². The topological polar surface area (TPSA) is 94.5 Å². The number of imidazole rings is 1. The van der Waals surface area contributed by atoms with E-state index in [2.05, 4.69) is 15.5 Å². The molecule has 0 fully saturated rings. The van der Waals surface area contributed by atoms with E-state index in [4.69, 9.17) is 10.6 Å². The first-order chi connectivity index (χ1) is 11.4. The lowest BCUT2D eigenvalue weighted by atomic mass is 10.2. The van der Waals surface area contributed by atoms with Crippen LogP contribution in [0.4, 0.5) is 10.1 Å². The van der Waals surface area contributed by atoms with Crippen molar-refractivity contribution in [1.29, 1.82) is 0 Å². The molecular formula is C16H20FN5O2. The summed E-state index contributed by atoms with van der Waals surface area (Å²) in [4.78, 5) is 21.1. The van der Waals surface area contributed by atoms with Crippen LogP contribution in [0.25, 0.3) is 0 Å². The standard InChI is InChI=1S/C16H20FN5O2/c1-10-4-5-14(13(17)8-10)20-16(23)12(3)24-21-15(18)11(2)22-7-6-19-9-22/h4-9,11-12H,1-3H3,(H2,18,21)(H,20,23). The largest absolute Gasteiger partial charge is 0.383 e. The molecule has 2 rings (SSSR count). The van der Waals surface area contributed by atoms with Crippen LogP contribution in [0.2, 0.25) is 0 Å². The maximum Gasteiger partial charge on any atom is 0.268 e. The van der Waals surface area contributed by atoms with Crippen LogP contribution in [0, 0.1) is 12.7 Å². The van der Waals surface area contributed by atoms with Crippen molar-refractivity contribution in [1.82, 2.24) is 9.55 Å². The van der Waals surface area contributed by atoms with Gasteiger partial charge < -0.3 is 20.5 Å². The first-order valence-corrected chi connectivity index (χ1v) is 7.42. The third-order valence-electron chi connectivity index (χ3n) is 3.47. The van der Waals surface area contributed by atoms with Gasteiger partial charge in [0.1, 0.15) is 5.82 Å². The molecule has 0 aliphatic carbocycles. The van der Waals surface area contributed by atoms with Crippen LogP contribution < -0.4 is 11.1 Å². The molecule has 1 amide bonds. The number of aromatic nitrogens is 2. The third-order valence-corrected chi connectivity index (χ3v) is 3.47. The summed E-state index contributed by atoms with van der Waals surface area (Å²) in [5.74, 6) is -0.842. The van der Waals surface area contributed by atoms with E-state index < -0.39 is 17.8 Å². The summed E-state index contributed by atoms with van der Waals surface area (Å²) in [5, 5.41) is 6.22. The highest BCUT2D eigenvalue weighted by Crippen LogP contribution is 2.16. The van der Waals surface area contributed by atoms with Gasteiger partial charge in [0.05, 0.1) is 18.1 Å². The SMILES string of the molecule is Cc1ccc(NC(=O)C(C)O/N=C(\N)C(C)n2ccnc2)c(F)c1. The number of oxime groups is 1. The van der Waals surface area contributed by atoms with Crippen molar-refractivity contribution in [3.63, 3.8) is 0 Å². The van der Waals surface area contributed by atoms with Crippen molar-refractivity contribution >= 4 is 17.4 Å². The number of benzene rings is 1. The van der Waals surface area contributed by atoms with Crippen molar-refractivity contribution in [2.45, 2.75) is 32.9 Å². The molecular weight excluding hydrogens is 313 g/mol. The Hall–Kier alpha value is -2.90. The number of hydrogen-bond donors (Lipinski definition) is 2. The molecule has 0 spiro atoms. The highest BCUT2D eigenvalue weighted by Gasteiger charge is 2.17. The Kier molecular flexibility index (Phi) is 5.51. The molecule has 2 atom stereocenters. The quantitative estimate of drug-likeness (QED) is 0.481. The van der Waals surface area contributed by atoms with Gasteiger partial charge in [-0.1, -0.05) is 11.2 Å². The number of nitrogens with zero attached hydrogens (tertiary/aromatic N) is 3. The molecule has 0 radical (unpaired) electrons. The average Bonchev–Trinajstić information content (AvgIpc) is 3.08. The maximum absolute atomic E-state index is 13.7. The average molecular weight is 333 g/mol. The van der Waals surface area contributed by atoms with Crippen molar-refractivity contribution in [3.05, 3.63) is 48.3 Å². The lowest BCUT2D eigenvalue weighted by Gasteiger charge is -2.14. The molecule has 24 heavy (non-hydrogen) atoms. The van der Waals surface area contributed by atoms with Gasteiger partial charge in [0.15, 0.2) is 5.84 Å². The Morgan fingerprint density at radius 3 is 2.83 bits per heavy atom. The van der Waals surface area contributed by atoms with Crippen LogP contribution >= 0.6 is 0 Å². The minimum absolute atomic E-state index is 0.0878. The van der Waals surface area contributed by atoms with E-state index in [0.717, 1.165) is 5.56 Å². The predicted octanol–water partition coefficient (Wildman–Crippen LogP) is 2.21. The first kappa shape index (κ1) is 17.5. The Labute approximate surface area is 139 Å². The molecule has 128 valence electrons. The summed E-state index contributed by atoms with van der Waals surface area (Å²) < 4.78 is 15.5. The number of rotatable bonds is 6. The summed E-state index contributed by atoms with van der Waals surface area (Å²) in [6, 6.07) is 4.27. The van der Waals surface area contributed by atoms with Crippen LogP contribution in [0.3, 0.4) is 0 Å². The number of amides is 1. The molecule has 7 nitrogen and oxygen atoms in total. The van der Waals surface area contributed by atoms with Crippen LogP contribution in [0.15, 0.2) is 42.1 Å². The number of carbonyl (C=O) groups is 1. The molecule has 0 aliphatic heterocycles. The van der Waals surface area contributed by atoms with Crippen LogP contribution in [0.1, 0.15) is 25.5 Å². The normalized spacial score (nSPS) is 14.1. The molecule has 8 heteroatoms. The fourth-order valence-electron chi connectivity index (χ4n) is 1.87. The lowest BCUT2D eigenvalue weighted by Crippen LogP contribution is -2.29. The van der Waals surface area contributed by atoms with Gasteiger partial charge in [0.25, 0.3) is 5.91 Å². The second kappa shape index (κ2) is 7.58. The fraction of sp³-hybridized carbons (Fsp3) is 0.312. The number of anilines is 1. The van der Waals surface area contributed by atoms with Gasteiger partial charge in [-0.15, -0.1) is 0 Å². The zero-order chi connectivity index (χ0) is 17.7. The highest BCUT2D eigenvalue weighted by atomic mass is 19.1. The predicted molar refractivity (Wildman–Crippen MR) is 88.9 cm³/mol. The van der Waals surface area contributed by atoms with Gasteiger partial charge in [0, 0.05) is 12.4 Å². The number of halogens is 1. The molecule has 3 N–H and O–H groups in total. The van der Waals surface area contributed by atoms with E-state index in [1.165, 1.54) is 19.1 Å². The van der Waals surface area contributed by atoms with Crippen LogP contribution in [-0.4, -0.2) is 27.4 Å². The Morgan fingerprint density at radius 2 is 2.21 bits per heavy atom. The fourth-order valence-corrected chi connectivity index (χ4v) is 1.87. The molecule has 2 aromatic rings. The highest BCUT2D eigenvalue weighted by molar-refractivity contribution is 5.94. The lowest BCUT2D eigenvalue weighted by molar-refractivity contribution is -0.126. The number of hydrogen-bond acceptors (Lipinski definition) is 4. The van der Waals surface area contributed by atoms with Gasteiger partial charge in [0.2, 0.25) is 6.10 Å². The van der Waals surface area contributed by atoms with Gasteiger partial charge in [-0.05, 0) is 38.5 Å². The molecule has 2 unspecified atom stereocenters. The molecule has 0 saturated carbocycles. The summed E-state index contributed by atoms with van der Waals surface area (Å²) in [6.45, 7) is 5.08. The van der Waals surface area contributed by atoms with Gasteiger partial charge in [-0.25, -0.2) is 9.37 Å². The van der Waals surface area contributed by atoms with Crippen molar-refractivity contribution in [2.24, 2.45) is 10.9 Å². The number of carbonyl (C=O) groups excluding carboxylic acids is 1.